The van der Waals surface area contributed by atoms with E-state index in [4.69, 9.17) is 0 Å². The standard InChI is InChI=1S/C12H13N3O2S/c1-9-12(8-13-14-9)18(16,17)15-7-6-10-4-2-3-5-11(10)15/h2-5,8H,6-7H2,1H3,(H,13,14). The van der Waals surface area contributed by atoms with Crippen molar-refractivity contribution in [1.82, 2.24) is 10.2 Å². The Morgan fingerprint density at radius 2 is 2.11 bits per heavy atom. The average Bonchev–Trinajstić information content (AvgIpc) is 2.95. The van der Waals surface area contributed by atoms with Crippen LogP contribution in [-0.2, 0) is 16.4 Å². The third-order valence-electron chi connectivity index (χ3n) is 3.20. The van der Waals surface area contributed by atoms with Gasteiger partial charge in [-0.2, -0.15) is 5.10 Å². The number of benzene rings is 1. The summed E-state index contributed by atoms with van der Waals surface area (Å²) in [6.45, 7) is 2.20. The first kappa shape index (κ1) is 11.3. The summed E-state index contributed by atoms with van der Waals surface area (Å²) in [5, 5.41) is 6.45. The van der Waals surface area contributed by atoms with Crippen molar-refractivity contribution in [2.45, 2.75) is 18.2 Å². The van der Waals surface area contributed by atoms with Crippen molar-refractivity contribution < 1.29 is 8.42 Å². The highest BCUT2D eigenvalue weighted by Crippen LogP contribution is 2.32. The predicted octanol–water partition coefficient (Wildman–Crippen LogP) is 1.47. The third-order valence-corrected chi connectivity index (χ3v) is 5.12. The molecule has 3 rings (SSSR count). The quantitative estimate of drug-likeness (QED) is 0.892. The van der Waals surface area contributed by atoms with E-state index in [2.05, 4.69) is 10.2 Å². The smallest absolute Gasteiger partial charge is 0.267 e. The van der Waals surface area contributed by atoms with E-state index in [1.807, 2.05) is 24.3 Å². The summed E-state index contributed by atoms with van der Waals surface area (Å²) in [6, 6.07) is 7.59. The van der Waals surface area contributed by atoms with Gasteiger partial charge in [0, 0.05) is 6.54 Å². The van der Waals surface area contributed by atoms with Gasteiger partial charge in [0.2, 0.25) is 0 Å². The third kappa shape index (κ3) is 1.53. The lowest BCUT2D eigenvalue weighted by molar-refractivity contribution is 0.592. The highest BCUT2D eigenvalue weighted by Gasteiger charge is 2.32. The Morgan fingerprint density at radius 3 is 2.83 bits per heavy atom. The fraction of sp³-hybridized carbons (Fsp3) is 0.250. The first-order valence-electron chi connectivity index (χ1n) is 5.71. The van der Waals surface area contributed by atoms with Crippen LogP contribution in [0.1, 0.15) is 11.3 Å². The number of hydrogen-bond acceptors (Lipinski definition) is 3. The Balaban J connectivity index is 2.10. The topological polar surface area (TPSA) is 66.1 Å². The molecule has 0 amide bonds. The first-order valence-corrected chi connectivity index (χ1v) is 7.15. The lowest BCUT2D eigenvalue weighted by atomic mass is 10.2. The minimum Gasteiger partial charge on any atom is -0.281 e. The van der Waals surface area contributed by atoms with Crippen molar-refractivity contribution >= 4 is 15.7 Å². The largest absolute Gasteiger partial charge is 0.281 e. The molecule has 0 spiro atoms. The SMILES string of the molecule is Cc1[nH]ncc1S(=O)(=O)N1CCc2ccccc21. The molecule has 18 heavy (non-hydrogen) atoms. The highest BCUT2D eigenvalue weighted by atomic mass is 32.2. The highest BCUT2D eigenvalue weighted by molar-refractivity contribution is 7.92. The van der Waals surface area contributed by atoms with Gasteiger partial charge in [-0.15, -0.1) is 0 Å². The molecule has 0 saturated heterocycles. The van der Waals surface area contributed by atoms with E-state index in [-0.39, 0.29) is 4.90 Å². The number of aromatic nitrogens is 2. The number of nitrogens with zero attached hydrogens (tertiary/aromatic N) is 2. The van der Waals surface area contributed by atoms with Gasteiger partial charge in [-0.3, -0.25) is 9.40 Å². The molecular formula is C12H13N3O2S. The van der Waals surface area contributed by atoms with Crippen LogP contribution in [0.15, 0.2) is 35.4 Å². The molecule has 5 nitrogen and oxygen atoms in total. The van der Waals surface area contributed by atoms with Gasteiger partial charge in [0.05, 0.1) is 17.6 Å². The van der Waals surface area contributed by atoms with Gasteiger partial charge in [-0.25, -0.2) is 8.42 Å². The molecule has 1 aromatic heterocycles. The Bertz CT molecular complexity index is 691. The van der Waals surface area contributed by atoms with Crippen molar-refractivity contribution in [3.8, 4) is 0 Å². The fourth-order valence-electron chi connectivity index (χ4n) is 2.28. The van der Waals surface area contributed by atoms with Crippen LogP contribution in [0, 0.1) is 6.92 Å². The van der Waals surface area contributed by atoms with E-state index in [0.717, 1.165) is 17.7 Å². The normalized spacial score (nSPS) is 14.8. The molecule has 1 aliphatic rings. The first-order chi connectivity index (χ1) is 8.60. The van der Waals surface area contributed by atoms with Crippen molar-refractivity contribution in [1.29, 1.82) is 0 Å². The molecule has 0 aliphatic carbocycles. The number of aryl methyl sites for hydroxylation is 1. The van der Waals surface area contributed by atoms with E-state index < -0.39 is 10.0 Å². The van der Waals surface area contributed by atoms with Gasteiger partial charge in [-0.05, 0) is 25.0 Å². The lowest BCUT2D eigenvalue weighted by Gasteiger charge is -2.18. The Hall–Kier alpha value is -1.82. The van der Waals surface area contributed by atoms with Crippen LogP contribution in [0.25, 0.3) is 0 Å². The summed E-state index contributed by atoms with van der Waals surface area (Å²) in [7, 11) is -3.50. The number of fused-ring (bicyclic) bond motifs is 1. The molecule has 0 radical (unpaired) electrons. The van der Waals surface area contributed by atoms with Crippen LogP contribution in [0.3, 0.4) is 0 Å². The van der Waals surface area contributed by atoms with E-state index in [0.29, 0.717) is 12.2 Å². The minimum absolute atomic E-state index is 0.249. The van der Waals surface area contributed by atoms with E-state index >= 15 is 0 Å². The van der Waals surface area contributed by atoms with Crippen LogP contribution in [-0.4, -0.2) is 25.2 Å². The van der Waals surface area contributed by atoms with E-state index in [1.54, 1.807) is 6.92 Å². The van der Waals surface area contributed by atoms with E-state index in [1.165, 1.54) is 10.5 Å². The zero-order valence-electron chi connectivity index (χ0n) is 9.92. The minimum atomic E-state index is -3.50. The van der Waals surface area contributed by atoms with Gasteiger partial charge in [-0.1, -0.05) is 18.2 Å². The van der Waals surface area contributed by atoms with Crippen molar-refractivity contribution in [3.05, 3.63) is 41.7 Å². The molecule has 1 aliphatic heterocycles. The molecule has 94 valence electrons. The summed E-state index contributed by atoms with van der Waals surface area (Å²) in [5.74, 6) is 0. The molecule has 2 heterocycles. The number of H-pyrrole nitrogens is 1. The van der Waals surface area contributed by atoms with Crippen molar-refractivity contribution in [3.63, 3.8) is 0 Å². The summed E-state index contributed by atoms with van der Waals surface area (Å²) in [5.41, 5.74) is 2.42. The number of sulfonamides is 1. The second-order valence-corrected chi connectivity index (χ2v) is 6.15. The van der Waals surface area contributed by atoms with Gasteiger partial charge < -0.3 is 0 Å². The van der Waals surface area contributed by atoms with Gasteiger partial charge >= 0.3 is 0 Å². The maximum atomic E-state index is 12.5. The molecule has 0 atom stereocenters. The maximum Gasteiger partial charge on any atom is 0.267 e. The number of aromatic amines is 1. The van der Waals surface area contributed by atoms with Crippen LogP contribution >= 0.6 is 0 Å². The Morgan fingerprint density at radius 1 is 1.33 bits per heavy atom. The van der Waals surface area contributed by atoms with Crippen molar-refractivity contribution in [2.24, 2.45) is 0 Å². The molecular weight excluding hydrogens is 250 g/mol. The number of anilines is 1. The van der Waals surface area contributed by atoms with Crippen molar-refractivity contribution in [2.75, 3.05) is 10.8 Å². The molecule has 0 saturated carbocycles. The molecule has 0 bridgehead atoms. The van der Waals surface area contributed by atoms with Gasteiger partial charge in [0.15, 0.2) is 0 Å². The number of nitrogens with one attached hydrogen (secondary N) is 1. The predicted molar refractivity (Wildman–Crippen MR) is 68.0 cm³/mol. The zero-order chi connectivity index (χ0) is 12.8. The molecule has 0 fully saturated rings. The second-order valence-electron chi connectivity index (χ2n) is 4.32. The lowest BCUT2D eigenvalue weighted by Crippen LogP contribution is -2.29. The van der Waals surface area contributed by atoms with Crippen LogP contribution in [0.2, 0.25) is 0 Å². The zero-order valence-corrected chi connectivity index (χ0v) is 10.7. The van der Waals surface area contributed by atoms with Crippen LogP contribution < -0.4 is 4.31 Å². The summed E-state index contributed by atoms with van der Waals surface area (Å²) in [6.07, 6.45) is 2.12. The molecule has 0 unspecified atom stereocenters. The van der Waals surface area contributed by atoms with Crippen LogP contribution in [0.4, 0.5) is 5.69 Å². The Kier molecular flexibility index (Phi) is 2.41. The monoisotopic (exact) mass is 263 g/mol. The summed E-state index contributed by atoms with van der Waals surface area (Å²) < 4.78 is 26.5. The molecule has 1 aromatic carbocycles. The Labute approximate surface area is 105 Å². The van der Waals surface area contributed by atoms with Crippen LogP contribution in [0.5, 0.6) is 0 Å². The molecule has 1 N–H and O–H groups in total. The summed E-state index contributed by atoms with van der Waals surface area (Å²) in [4.78, 5) is 0.249. The van der Waals surface area contributed by atoms with Gasteiger partial charge in [0.25, 0.3) is 10.0 Å². The average molecular weight is 263 g/mol. The maximum absolute atomic E-state index is 12.5. The molecule has 6 heteroatoms. The summed E-state index contributed by atoms with van der Waals surface area (Å²) >= 11 is 0. The molecule has 2 aromatic rings. The van der Waals surface area contributed by atoms with E-state index in [9.17, 15) is 8.42 Å². The number of hydrogen-bond donors (Lipinski definition) is 1. The number of rotatable bonds is 2. The fourth-order valence-corrected chi connectivity index (χ4v) is 3.90. The van der Waals surface area contributed by atoms with Gasteiger partial charge in [0.1, 0.15) is 4.90 Å². The second kappa shape index (κ2) is 3.84. The number of para-hydroxylation sites is 1.